The van der Waals surface area contributed by atoms with Crippen molar-refractivity contribution in [2.75, 3.05) is 31.1 Å². The Labute approximate surface area is 107 Å². The minimum Gasteiger partial charge on any atom is -0.356 e. The van der Waals surface area contributed by atoms with Crippen molar-refractivity contribution in [1.29, 1.82) is 0 Å². The van der Waals surface area contributed by atoms with Crippen molar-refractivity contribution in [3.8, 4) is 0 Å². The monoisotopic (exact) mass is 248 g/mol. The molecule has 5 heteroatoms. The predicted molar refractivity (Wildman–Crippen MR) is 71.7 cm³/mol. The Morgan fingerprint density at radius 2 is 2.17 bits per heavy atom. The fraction of sp³-hybridized carbons (Fsp3) is 0.538. The average Bonchev–Trinajstić information content (AvgIpc) is 2.45. The molecule has 1 fully saturated rings. The number of nitrogens with one attached hydrogen (secondary N) is 1. The summed E-state index contributed by atoms with van der Waals surface area (Å²) in [5.41, 5.74) is 6.04. The van der Waals surface area contributed by atoms with E-state index in [1.807, 2.05) is 6.07 Å². The lowest BCUT2D eigenvalue weighted by Crippen LogP contribution is -2.34. The molecule has 1 aromatic heterocycles. The van der Waals surface area contributed by atoms with Crippen LogP contribution in [0, 0.1) is 0 Å². The Kier molecular flexibility index (Phi) is 4.52. The van der Waals surface area contributed by atoms with E-state index in [-0.39, 0.29) is 5.91 Å². The Bertz CT molecular complexity index is 402. The van der Waals surface area contributed by atoms with E-state index < -0.39 is 0 Å². The number of hydrogen-bond donors (Lipinski definition) is 2. The molecule has 0 spiro atoms. The van der Waals surface area contributed by atoms with Gasteiger partial charge in [-0.15, -0.1) is 0 Å². The Balaban J connectivity index is 2.16. The number of anilines is 1. The maximum absolute atomic E-state index is 12.0. The molecule has 0 radical (unpaired) electrons. The van der Waals surface area contributed by atoms with Gasteiger partial charge in [-0.3, -0.25) is 4.79 Å². The molecule has 5 nitrogen and oxygen atoms in total. The van der Waals surface area contributed by atoms with Crippen LogP contribution in [0.1, 0.15) is 29.6 Å². The van der Waals surface area contributed by atoms with Crippen LogP contribution in [0.4, 0.5) is 5.82 Å². The summed E-state index contributed by atoms with van der Waals surface area (Å²) in [6.45, 7) is 2.90. The molecular weight excluding hydrogens is 228 g/mol. The van der Waals surface area contributed by atoms with E-state index in [4.69, 9.17) is 5.73 Å². The van der Waals surface area contributed by atoms with Gasteiger partial charge in [0, 0.05) is 32.4 Å². The highest BCUT2D eigenvalue weighted by atomic mass is 16.1. The van der Waals surface area contributed by atoms with Crippen molar-refractivity contribution < 1.29 is 4.79 Å². The van der Waals surface area contributed by atoms with Crippen LogP contribution >= 0.6 is 0 Å². The lowest BCUT2D eigenvalue weighted by molar-refractivity contribution is 0.0955. The van der Waals surface area contributed by atoms with Gasteiger partial charge in [-0.05, 0) is 31.4 Å². The molecule has 0 aliphatic carbocycles. The topological polar surface area (TPSA) is 71.2 Å². The zero-order chi connectivity index (χ0) is 12.8. The molecule has 1 aromatic rings. The Morgan fingerprint density at radius 3 is 2.89 bits per heavy atom. The number of nitrogens with zero attached hydrogens (tertiary/aromatic N) is 2. The summed E-state index contributed by atoms with van der Waals surface area (Å²) in [6.07, 6.45) is 5.34. The maximum Gasteiger partial charge on any atom is 0.255 e. The van der Waals surface area contributed by atoms with Gasteiger partial charge in [0.05, 0.1) is 5.56 Å². The molecule has 0 saturated carbocycles. The van der Waals surface area contributed by atoms with E-state index in [2.05, 4.69) is 15.2 Å². The molecule has 98 valence electrons. The second-order valence-corrected chi connectivity index (χ2v) is 4.47. The number of hydrogen-bond acceptors (Lipinski definition) is 4. The molecule has 3 N–H and O–H groups in total. The summed E-state index contributed by atoms with van der Waals surface area (Å²) in [5.74, 6) is 0.709. The number of carbonyl (C=O) groups is 1. The number of pyridine rings is 1. The number of carbonyl (C=O) groups excluding carboxylic acids is 1. The van der Waals surface area contributed by atoms with Crippen LogP contribution in [0.2, 0.25) is 0 Å². The van der Waals surface area contributed by atoms with Crippen molar-refractivity contribution in [3.63, 3.8) is 0 Å². The van der Waals surface area contributed by atoms with Gasteiger partial charge < -0.3 is 16.0 Å². The molecule has 0 atom stereocenters. The Hall–Kier alpha value is -1.62. The van der Waals surface area contributed by atoms with Crippen molar-refractivity contribution in [2.45, 2.75) is 19.3 Å². The number of nitrogens with two attached hydrogens (primary N) is 1. The van der Waals surface area contributed by atoms with Crippen LogP contribution in [0.3, 0.4) is 0 Å². The minimum absolute atomic E-state index is 0.0888. The zero-order valence-corrected chi connectivity index (χ0v) is 10.6. The molecule has 2 rings (SSSR count). The van der Waals surface area contributed by atoms with E-state index in [1.165, 1.54) is 19.3 Å². The third kappa shape index (κ3) is 2.98. The SMILES string of the molecule is NCCNC(=O)c1cccnc1N1CCCCC1. The second kappa shape index (κ2) is 6.35. The van der Waals surface area contributed by atoms with Crippen LogP contribution < -0.4 is 16.0 Å². The van der Waals surface area contributed by atoms with Crippen molar-refractivity contribution in [2.24, 2.45) is 5.73 Å². The first-order chi connectivity index (χ1) is 8.83. The number of aromatic nitrogens is 1. The van der Waals surface area contributed by atoms with E-state index >= 15 is 0 Å². The summed E-state index contributed by atoms with van der Waals surface area (Å²) < 4.78 is 0. The van der Waals surface area contributed by atoms with E-state index in [0.717, 1.165) is 18.9 Å². The summed E-state index contributed by atoms with van der Waals surface area (Å²) >= 11 is 0. The summed E-state index contributed by atoms with van der Waals surface area (Å²) in [4.78, 5) is 18.6. The van der Waals surface area contributed by atoms with Gasteiger partial charge in [-0.1, -0.05) is 0 Å². The highest BCUT2D eigenvalue weighted by Gasteiger charge is 2.18. The van der Waals surface area contributed by atoms with E-state index in [9.17, 15) is 4.79 Å². The zero-order valence-electron chi connectivity index (χ0n) is 10.6. The number of piperidine rings is 1. The lowest BCUT2D eigenvalue weighted by Gasteiger charge is -2.29. The normalized spacial score (nSPS) is 15.5. The smallest absolute Gasteiger partial charge is 0.255 e. The molecule has 1 aliphatic heterocycles. The fourth-order valence-corrected chi connectivity index (χ4v) is 2.21. The van der Waals surface area contributed by atoms with Crippen LogP contribution in [0.25, 0.3) is 0 Å². The van der Waals surface area contributed by atoms with Gasteiger partial charge in [0.2, 0.25) is 0 Å². The first-order valence-electron chi connectivity index (χ1n) is 6.51. The molecule has 0 bridgehead atoms. The highest BCUT2D eigenvalue weighted by molar-refractivity contribution is 5.98. The molecule has 1 amide bonds. The standard InChI is InChI=1S/C13H20N4O/c14-6-8-16-13(18)11-5-4-7-15-12(11)17-9-2-1-3-10-17/h4-5,7H,1-3,6,8-10,14H2,(H,16,18). The van der Waals surface area contributed by atoms with E-state index in [0.29, 0.717) is 18.7 Å². The molecule has 1 aliphatic rings. The summed E-state index contributed by atoms with van der Waals surface area (Å²) in [7, 11) is 0. The second-order valence-electron chi connectivity index (χ2n) is 4.47. The first-order valence-corrected chi connectivity index (χ1v) is 6.51. The quantitative estimate of drug-likeness (QED) is 0.825. The molecule has 1 saturated heterocycles. The summed E-state index contributed by atoms with van der Waals surface area (Å²) in [5, 5.41) is 2.80. The van der Waals surface area contributed by atoms with Gasteiger partial charge in [0.1, 0.15) is 5.82 Å². The van der Waals surface area contributed by atoms with Crippen molar-refractivity contribution in [1.82, 2.24) is 10.3 Å². The first kappa shape index (κ1) is 12.8. The van der Waals surface area contributed by atoms with Crippen LogP contribution in [-0.2, 0) is 0 Å². The van der Waals surface area contributed by atoms with Crippen LogP contribution in [0.15, 0.2) is 18.3 Å². The molecular formula is C13H20N4O. The third-order valence-corrected chi connectivity index (χ3v) is 3.12. The van der Waals surface area contributed by atoms with Crippen LogP contribution in [-0.4, -0.2) is 37.1 Å². The molecule has 18 heavy (non-hydrogen) atoms. The van der Waals surface area contributed by atoms with Gasteiger partial charge in [-0.25, -0.2) is 4.98 Å². The minimum atomic E-state index is -0.0888. The maximum atomic E-state index is 12.0. The van der Waals surface area contributed by atoms with Crippen molar-refractivity contribution in [3.05, 3.63) is 23.9 Å². The molecule has 0 unspecified atom stereocenters. The molecule has 0 aromatic carbocycles. The van der Waals surface area contributed by atoms with E-state index in [1.54, 1.807) is 12.3 Å². The summed E-state index contributed by atoms with van der Waals surface area (Å²) in [6, 6.07) is 3.62. The van der Waals surface area contributed by atoms with Gasteiger partial charge >= 0.3 is 0 Å². The van der Waals surface area contributed by atoms with Gasteiger partial charge in [0.15, 0.2) is 0 Å². The van der Waals surface area contributed by atoms with Crippen molar-refractivity contribution >= 4 is 11.7 Å². The predicted octanol–water partition coefficient (Wildman–Crippen LogP) is 0.760. The molecule has 2 heterocycles. The van der Waals surface area contributed by atoms with Gasteiger partial charge in [0.25, 0.3) is 5.91 Å². The Morgan fingerprint density at radius 1 is 1.39 bits per heavy atom. The fourth-order valence-electron chi connectivity index (χ4n) is 2.21. The third-order valence-electron chi connectivity index (χ3n) is 3.12. The van der Waals surface area contributed by atoms with Gasteiger partial charge in [-0.2, -0.15) is 0 Å². The highest BCUT2D eigenvalue weighted by Crippen LogP contribution is 2.21. The lowest BCUT2D eigenvalue weighted by atomic mass is 10.1. The largest absolute Gasteiger partial charge is 0.356 e. The van der Waals surface area contributed by atoms with Crippen LogP contribution in [0.5, 0.6) is 0 Å². The number of rotatable bonds is 4. The average molecular weight is 248 g/mol. The number of amides is 1.